The number of nitrogens with zero attached hydrogens (tertiary/aromatic N) is 10. The molecule has 7 heterocycles. The quantitative estimate of drug-likeness (QED) is 0.107. The SMILES string of the molecule is C1=C2c3ccccc3N=C(c3ccccc3)C2Cc2c1n(-c1ccccc1)c1cccc(-c3cc(-c4ccc(-n5c6ccccc6c6ccccc65)cc4)nc(-c4ccc(-c5cccc(-c6nc(-c7ccccc7)nc(-c7ccccc7-c7cccc8c7c7cc9c(-c%10ccccc%10)nc%10ccccc%10c9cc7n8-c7ccccc7)n6)c5)cc4)n3)c21. The number of rotatable bonds is 13. The number of pyridine rings is 1. The molecule has 121 heavy (non-hydrogen) atoms. The van der Waals surface area contributed by atoms with Crippen molar-refractivity contribution < 1.29 is 0 Å². The minimum Gasteiger partial charge on any atom is -0.310 e. The second-order valence-electron chi connectivity index (χ2n) is 31.4. The van der Waals surface area contributed by atoms with Crippen molar-refractivity contribution in [1.82, 2.24) is 43.6 Å². The predicted octanol–water partition coefficient (Wildman–Crippen LogP) is 27.4. The summed E-state index contributed by atoms with van der Waals surface area (Å²) in [5.41, 5.74) is 31.0. The highest BCUT2D eigenvalue weighted by Crippen LogP contribution is 2.51. The van der Waals surface area contributed by atoms with Crippen molar-refractivity contribution in [3.8, 4) is 119 Å². The van der Waals surface area contributed by atoms with Gasteiger partial charge in [-0.25, -0.2) is 29.9 Å². The minimum absolute atomic E-state index is 0.00660. The lowest BCUT2D eigenvalue weighted by molar-refractivity contribution is 0.848. The van der Waals surface area contributed by atoms with Gasteiger partial charge in [0.05, 0.1) is 67.3 Å². The normalized spacial score (nSPS) is 13.1. The highest BCUT2D eigenvalue weighted by molar-refractivity contribution is 6.24. The maximum absolute atomic E-state index is 5.71. The van der Waals surface area contributed by atoms with E-state index in [-0.39, 0.29) is 5.92 Å². The maximum atomic E-state index is 5.71. The largest absolute Gasteiger partial charge is 0.310 e. The van der Waals surface area contributed by atoms with Gasteiger partial charge in [0.1, 0.15) is 0 Å². The Kier molecular flexibility index (Phi) is 16.2. The average Bonchev–Trinajstić information content (AvgIpc) is 1.56. The molecule has 1 atom stereocenters. The number of allylic oxidation sites excluding steroid dienone is 1. The standard InChI is InChI=1S/C111H70N10/c1-6-29-71(30-7-1)106-90-64-92-102(66-88(90)81-42-18-22-49-94(81)112-106)120(77-37-12-4-13-38-77)100-53-27-47-85(104(92)100)80-41-16-17-46-86(80)111-117-109(73-33-10-3-11-34-73)116-110(118-111)76-36-26-35-75(63-76)69-55-57-74(58-56-69)108-114-96(70-59-61-79(62-60-70)119-98-51-24-20-44-83(98)84-45-21-25-52-99(84)119)68-97(115-108)87-48-28-54-101-105(87)93-65-91-89(67-103(93)121(101)78-39-14-5-15-40-78)82-43-19-23-50-95(82)113-107(91)72-31-8-2-9-32-72/h1-64,66-68,91H,65H2. The van der Waals surface area contributed by atoms with Gasteiger partial charge in [-0.3, -0.25) is 4.99 Å². The molecule has 2 aliphatic rings. The molecule has 1 unspecified atom stereocenters. The first kappa shape index (κ1) is 69.2. The van der Waals surface area contributed by atoms with Crippen LogP contribution in [0.2, 0.25) is 0 Å². The molecule has 10 nitrogen and oxygen atoms in total. The fourth-order valence-electron chi connectivity index (χ4n) is 19.0. The Morgan fingerprint density at radius 2 is 0.736 bits per heavy atom. The van der Waals surface area contributed by atoms with Crippen LogP contribution in [0.4, 0.5) is 5.69 Å². The summed E-state index contributed by atoms with van der Waals surface area (Å²) in [6, 6.07) is 143. The molecule has 0 spiro atoms. The number of para-hydroxylation sites is 6. The van der Waals surface area contributed by atoms with Crippen LogP contribution in [0.5, 0.6) is 0 Å². The van der Waals surface area contributed by atoms with Crippen molar-refractivity contribution in [2.45, 2.75) is 6.42 Å². The fourth-order valence-corrected chi connectivity index (χ4v) is 19.0. The molecule has 24 rings (SSSR count). The third kappa shape index (κ3) is 11.6. The zero-order chi connectivity index (χ0) is 79.6. The summed E-state index contributed by atoms with van der Waals surface area (Å²) in [4.78, 5) is 38.5. The van der Waals surface area contributed by atoms with Gasteiger partial charge in [0.15, 0.2) is 23.3 Å². The van der Waals surface area contributed by atoms with Gasteiger partial charge in [0.25, 0.3) is 0 Å². The molecule has 22 aromatic rings. The second kappa shape index (κ2) is 28.3. The summed E-state index contributed by atoms with van der Waals surface area (Å²) in [5, 5.41) is 9.14. The number of aromatic nitrogens is 9. The molecular formula is C111H70N10. The van der Waals surface area contributed by atoms with Gasteiger partial charge >= 0.3 is 0 Å². The van der Waals surface area contributed by atoms with E-state index in [1.807, 2.05) is 18.2 Å². The zero-order valence-corrected chi connectivity index (χ0v) is 65.4. The number of fused-ring (bicyclic) bond motifs is 15. The zero-order valence-electron chi connectivity index (χ0n) is 65.4. The maximum Gasteiger partial charge on any atom is 0.164 e. The van der Waals surface area contributed by atoms with Crippen LogP contribution >= 0.6 is 0 Å². The van der Waals surface area contributed by atoms with Crippen LogP contribution in [0, 0.1) is 5.92 Å². The Bertz CT molecular complexity index is 7950. The van der Waals surface area contributed by atoms with E-state index in [2.05, 4.69) is 402 Å². The second-order valence-corrected chi connectivity index (χ2v) is 31.4. The van der Waals surface area contributed by atoms with E-state index in [1.54, 1.807) is 0 Å². The Morgan fingerprint density at radius 1 is 0.248 bits per heavy atom. The Morgan fingerprint density at radius 3 is 1.45 bits per heavy atom. The van der Waals surface area contributed by atoms with Gasteiger partial charge in [0.2, 0.25) is 0 Å². The molecule has 0 bridgehead atoms. The van der Waals surface area contributed by atoms with Gasteiger partial charge in [-0.2, -0.15) is 0 Å². The Balaban J connectivity index is 0.638. The van der Waals surface area contributed by atoms with E-state index >= 15 is 0 Å². The van der Waals surface area contributed by atoms with E-state index in [9.17, 15) is 0 Å². The van der Waals surface area contributed by atoms with Crippen LogP contribution in [0.15, 0.2) is 405 Å². The van der Waals surface area contributed by atoms with E-state index in [1.165, 1.54) is 27.5 Å². The van der Waals surface area contributed by atoms with Crippen molar-refractivity contribution in [1.29, 1.82) is 0 Å². The van der Waals surface area contributed by atoms with Gasteiger partial charge in [-0.15, -0.1) is 0 Å². The average molecular weight is 1540 g/mol. The smallest absolute Gasteiger partial charge is 0.164 e. The van der Waals surface area contributed by atoms with Crippen molar-refractivity contribution >= 4 is 99.2 Å². The number of hydrogen-bond donors (Lipinski definition) is 0. The van der Waals surface area contributed by atoms with Crippen LogP contribution in [-0.4, -0.2) is 49.3 Å². The van der Waals surface area contributed by atoms with Crippen molar-refractivity contribution in [3.05, 3.63) is 423 Å². The third-order valence-electron chi connectivity index (χ3n) is 24.5. The summed E-state index contributed by atoms with van der Waals surface area (Å²) in [6.45, 7) is 0. The van der Waals surface area contributed by atoms with E-state index < -0.39 is 0 Å². The summed E-state index contributed by atoms with van der Waals surface area (Å²) >= 11 is 0. The van der Waals surface area contributed by atoms with Crippen LogP contribution < -0.4 is 0 Å². The van der Waals surface area contributed by atoms with Crippen molar-refractivity contribution in [2.75, 3.05) is 0 Å². The molecule has 1 aliphatic heterocycles. The molecule has 6 aromatic heterocycles. The fraction of sp³-hybridized carbons (Fsp3) is 0.0180. The first-order chi connectivity index (χ1) is 60.0. The summed E-state index contributed by atoms with van der Waals surface area (Å²) < 4.78 is 7.23. The van der Waals surface area contributed by atoms with Crippen LogP contribution in [0.3, 0.4) is 0 Å². The number of hydrogen-bond acceptors (Lipinski definition) is 7. The topological polar surface area (TPSA) is 104 Å². The predicted molar refractivity (Wildman–Crippen MR) is 497 cm³/mol. The molecule has 564 valence electrons. The minimum atomic E-state index is -0.00660. The molecule has 1 aliphatic carbocycles. The van der Waals surface area contributed by atoms with E-state index in [4.69, 9.17) is 34.9 Å². The lowest BCUT2D eigenvalue weighted by atomic mass is 9.75. The Hall–Kier alpha value is -16.2. The lowest BCUT2D eigenvalue weighted by Gasteiger charge is -2.32. The number of aliphatic imine (C=N–C) groups is 1. The molecule has 0 fully saturated rings. The van der Waals surface area contributed by atoms with Gasteiger partial charge in [-0.1, -0.05) is 303 Å². The first-order valence-corrected chi connectivity index (χ1v) is 41.2. The summed E-state index contributed by atoms with van der Waals surface area (Å²) in [7, 11) is 0. The van der Waals surface area contributed by atoms with Gasteiger partial charge in [0, 0.05) is 105 Å². The van der Waals surface area contributed by atoms with Crippen molar-refractivity contribution in [3.63, 3.8) is 0 Å². The molecule has 16 aromatic carbocycles. The highest BCUT2D eigenvalue weighted by Gasteiger charge is 2.37. The van der Waals surface area contributed by atoms with E-state index in [0.717, 1.165) is 190 Å². The lowest BCUT2D eigenvalue weighted by Crippen LogP contribution is -2.25. The molecule has 0 radical (unpaired) electrons. The Labute approximate surface area is 697 Å². The van der Waals surface area contributed by atoms with E-state index in [0.29, 0.717) is 23.3 Å². The summed E-state index contributed by atoms with van der Waals surface area (Å²) in [5.74, 6) is 2.29. The first-order valence-electron chi connectivity index (χ1n) is 41.2. The molecule has 0 N–H and O–H groups in total. The van der Waals surface area contributed by atoms with Crippen LogP contribution in [0.1, 0.15) is 22.4 Å². The monoisotopic (exact) mass is 1540 g/mol. The highest BCUT2D eigenvalue weighted by atomic mass is 15.0. The third-order valence-corrected chi connectivity index (χ3v) is 24.5. The molecule has 0 saturated carbocycles. The molecule has 10 heteroatoms. The van der Waals surface area contributed by atoms with Gasteiger partial charge in [-0.05, 0) is 154 Å². The van der Waals surface area contributed by atoms with Crippen molar-refractivity contribution in [2.24, 2.45) is 10.9 Å². The summed E-state index contributed by atoms with van der Waals surface area (Å²) in [6.07, 6.45) is 3.18. The molecule has 0 amide bonds. The molecular weight excluding hydrogens is 1470 g/mol. The molecule has 0 saturated heterocycles. The van der Waals surface area contributed by atoms with Gasteiger partial charge < -0.3 is 13.7 Å². The number of benzene rings is 16. The van der Waals surface area contributed by atoms with Crippen LogP contribution in [0.25, 0.3) is 206 Å². The van der Waals surface area contributed by atoms with Crippen LogP contribution in [-0.2, 0) is 6.42 Å².